The second-order valence-electron chi connectivity index (χ2n) is 5.71. The van der Waals surface area contributed by atoms with Crippen molar-refractivity contribution in [3.05, 3.63) is 10.6 Å². The lowest BCUT2D eigenvalue weighted by molar-refractivity contribution is -0.139. The number of amides is 1. The van der Waals surface area contributed by atoms with E-state index in [-0.39, 0.29) is 5.41 Å². The van der Waals surface area contributed by atoms with Crippen molar-refractivity contribution in [3.63, 3.8) is 0 Å². The van der Waals surface area contributed by atoms with E-state index in [1.54, 1.807) is 0 Å². The van der Waals surface area contributed by atoms with E-state index in [2.05, 4.69) is 14.9 Å². The summed E-state index contributed by atoms with van der Waals surface area (Å²) in [6.45, 7) is 7.79. The molecule has 1 unspecified atom stereocenters. The summed E-state index contributed by atoms with van der Waals surface area (Å²) >= 11 is 0.996. The van der Waals surface area contributed by atoms with Gasteiger partial charge in [-0.15, -0.1) is 5.10 Å². The lowest BCUT2D eigenvalue weighted by atomic mass is 9.91. The molecule has 112 valence electrons. The average Bonchev–Trinajstić information content (AvgIpc) is 2.82. The number of rotatable bonds is 6. The number of carbonyl (C=O) groups is 2. The van der Waals surface area contributed by atoms with Gasteiger partial charge in [-0.05, 0) is 18.0 Å². The quantitative estimate of drug-likeness (QED) is 0.840. The van der Waals surface area contributed by atoms with Gasteiger partial charge in [0.05, 0.1) is 5.69 Å². The van der Waals surface area contributed by atoms with E-state index >= 15 is 0 Å². The van der Waals surface area contributed by atoms with Crippen LogP contribution in [0.5, 0.6) is 0 Å². The minimum atomic E-state index is -1.01. The minimum Gasteiger partial charge on any atom is -0.480 e. The number of carboxylic acid groups (broad SMARTS) is 1. The molecule has 6 nitrogen and oxygen atoms in total. The van der Waals surface area contributed by atoms with Crippen molar-refractivity contribution < 1.29 is 14.7 Å². The number of nitrogens with zero attached hydrogens (tertiary/aromatic N) is 2. The van der Waals surface area contributed by atoms with Crippen LogP contribution in [0, 0.1) is 0 Å². The van der Waals surface area contributed by atoms with Crippen molar-refractivity contribution in [3.8, 4) is 0 Å². The Morgan fingerprint density at radius 1 is 1.40 bits per heavy atom. The minimum absolute atomic E-state index is 0.304. The molecule has 0 aliphatic heterocycles. The summed E-state index contributed by atoms with van der Waals surface area (Å²) in [6.07, 6.45) is 2.06. The number of nitrogens with one attached hydrogen (secondary N) is 1. The van der Waals surface area contributed by atoms with E-state index in [4.69, 9.17) is 5.11 Å². The lowest BCUT2D eigenvalue weighted by Crippen LogP contribution is -2.41. The van der Waals surface area contributed by atoms with E-state index in [0.717, 1.165) is 24.4 Å². The average molecular weight is 299 g/mol. The summed E-state index contributed by atoms with van der Waals surface area (Å²) in [5, 5.41) is 15.7. The van der Waals surface area contributed by atoms with Crippen molar-refractivity contribution in [1.82, 2.24) is 14.9 Å². The molecule has 2 N–H and O–H groups in total. The number of carboxylic acids is 1. The lowest BCUT2D eigenvalue weighted by Gasteiger charge is -2.18. The first-order chi connectivity index (χ1) is 9.27. The van der Waals surface area contributed by atoms with E-state index < -0.39 is 17.9 Å². The fourth-order valence-corrected chi connectivity index (χ4v) is 2.50. The molecule has 0 aromatic carbocycles. The summed E-state index contributed by atoms with van der Waals surface area (Å²) in [7, 11) is 0. The van der Waals surface area contributed by atoms with Crippen LogP contribution in [0.25, 0.3) is 0 Å². The molecule has 0 spiro atoms. The van der Waals surface area contributed by atoms with Gasteiger partial charge in [0.15, 0.2) is 0 Å². The predicted molar refractivity (Wildman–Crippen MR) is 77.0 cm³/mol. The fraction of sp³-hybridized carbons (Fsp3) is 0.692. The standard InChI is InChI=1S/C13H21N3O3S/c1-5-6-7-8(12(18)19)14-11(17)9-10(13(2,3)4)15-16-20-9/h8H,5-7H2,1-4H3,(H,14,17)(H,18,19). The highest BCUT2D eigenvalue weighted by Crippen LogP contribution is 2.25. The van der Waals surface area contributed by atoms with Crippen LogP contribution in [0.2, 0.25) is 0 Å². The molecule has 0 saturated carbocycles. The van der Waals surface area contributed by atoms with Crippen LogP contribution in [0.1, 0.15) is 62.3 Å². The zero-order chi connectivity index (χ0) is 15.3. The largest absolute Gasteiger partial charge is 0.480 e. The highest BCUT2D eigenvalue weighted by molar-refractivity contribution is 7.08. The second kappa shape index (κ2) is 6.78. The van der Waals surface area contributed by atoms with E-state index in [0.29, 0.717) is 17.0 Å². The Hall–Kier alpha value is -1.50. The molecule has 1 amide bonds. The smallest absolute Gasteiger partial charge is 0.326 e. The van der Waals surface area contributed by atoms with Crippen molar-refractivity contribution in [2.75, 3.05) is 0 Å². The third-order valence-electron chi connectivity index (χ3n) is 2.85. The third kappa shape index (κ3) is 4.26. The van der Waals surface area contributed by atoms with Gasteiger partial charge in [0.2, 0.25) is 0 Å². The zero-order valence-corrected chi connectivity index (χ0v) is 13.1. The highest BCUT2D eigenvalue weighted by atomic mass is 32.1. The Balaban J connectivity index is 2.85. The molecule has 0 fully saturated rings. The number of hydrogen-bond donors (Lipinski definition) is 2. The maximum absolute atomic E-state index is 12.2. The van der Waals surface area contributed by atoms with Gasteiger partial charge in [-0.3, -0.25) is 4.79 Å². The summed E-state index contributed by atoms with van der Waals surface area (Å²) in [5.74, 6) is -1.42. The molecule has 1 aromatic rings. The predicted octanol–water partition coefficient (Wildman–Crippen LogP) is 2.21. The van der Waals surface area contributed by atoms with Crippen LogP contribution in [-0.4, -0.2) is 32.6 Å². The van der Waals surface area contributed by atoms with Crippen molar-refractivity contribution in [2.45, 2.75) is 58.4 Å². The molecule has 1 atom stereocenters. The highest BCUT2D eigenvalue weighted by Gasteiger charge is 2.28. The first-order valence-electron chi connectivity index (χ1n) is 6.63. The monoisotopic (exact) mass is 299 g/mol. The first-order valence-corrected chi connectivity index (χ1v) is 7.41. The summed E-state index contributed by atoms with van der Waals surface area (Å²) in [6, 6.07) is -0.864. The second-order valence-corrected chi connectivity index (χ2v) is 6.46. The molecular weight excluding hydrogens is 278 g/mol. The van der Waals surface area contributed by atoms with Crippen molar-refractivity contribution in [1.29, 1.82) is 0 Å². The number of aromatic nitrogens is 2. The van der Waals surface area contributed by atoms with Gasteiger partial charge >= 0.3 is 5.97 Å². The fourth-order valence-electron chi connectivity index (χ4n) is 1.72. The molecule has 0 radical (unpaired) electrons. The SMILES string of the molecule is CCCCC(NC(=O)c1snnc1C(C)(C)C)C(=O)O. The van der Waals surface area contributed by atoms with Gasteiger partial charge in [0, 0.05) is 5.41 Å². The molecule has 0 saturated heterocycles. The van der Waals surface area contributed by atoms with Crippen LogP contribution in [0.3, 0.4) is 0 Å². The van der Waals surface area contributed by atoms with Gasteiger partial charge in [-0.2, -0.15) is 0 Å². The number of hydrogen-bond acceptors (Lipinski definition) is 5. The van der Waals surface area contributed by atoms with Gasteiger partial charge < -0.3 is 10.4 Å². The molecule has 0 bridgehead atoms. The number of unbranched alkanes of at least 4 members (excludes halogenated alkanes) is 1. The van der Waals surface area contributed by atoms with Crippen LogP contribution in [0.4, 0.5) is 0 Å². The summed E-state index contributed by atoms with van der Waals surface area (Å²) in [5.41, 5.74) is 0.293. The van der Waals surface area contributed by atoms with Crippen molar-refractivity contribution >= 4 is 23.4 Å². The van der Waals surface area contributed by atoms with E-state index in [9.17, 15) is 9.59 Å². The number of aliphatic carboxylic acids is 1. The molecule has 0 aliphatic carbocycles. The van der Waals surface area contributed by atoms with Gasteiger partial charge in [-0.25, -0.2) is 4.79 Å². The first kappa shape index (κ1) is 16.6. The van der Waals surface area contributed by atoms with Crippen LogP contribution in [0.15, 0.2) is 0 Å². The third-order valence-corrected chi connectivity index (χ3v) is 3.58. The zero-order valence-electron chi connectivity index (χ0n) is 12.3. The molecule has 1 rings (SSSR count). The van der Waals surface area contributed by atoms with Crippen LogP contribution < -0.4 is 5.32 Å². The van der Waals surface area contributed by atoms with Crippen LogP contribution >= 0.6 is 11.5 Å². The molecule has 20 heavy (non-hydrogen) atoms. The topological polar surface area (TPSA) is 92.2 Å². The summed E-state index contributed by atoms with van der Waals surface area (Å²) in [4.78, 5) is 23.7. The van der Waals surface area contributed by atoms with Gasteiger partial charge in [0.1, 0.15) is 10.9 Å². The molecular formula is C13H21N3O3S. The Morgan fingerprint density at radius 2 is 2.05 bits per heavy atom. The Morgan fingerprint density at radius 3 is 2.55 bits per heavy atom. The Bertz CT molecular complexity index is 479. The van der Waals surface area contributed by atoms with E-state index in [1.807, 2.05) is 27.7 Å². The summed E-state index contributed by atoms with van der Waals surface area (Å²) < 4.78 is 3.81. The molecule has 7 heteroatoms. The maximum atomic E-state index is 12.2. The molecule has 0 aliphatic rings. The Labute approximate surface area is 122 Å². The van der Waals surface area contributed by atoms with Gasteiger partial charge in [0.25, 0.3) is 5.91 Å². The van der Waals surface area contributed by atoms with E-state index in [1.165, 1.54) is 0 Å². The molecule has 1 aromatic heterocycles. The normalized spacial score (nSPS) is 13.0. The maximum Gasteiger partial charge on any atom is 0.326 e. The molecule has 1 heterocycles. The van der Waals surface area contributed by atoms with Crippen molar-refractivity contribution in [2.24, 2.45) is 0 Å². The van der Waals surface area contributed by atoms with Gasteiger partial charge in [-0.1, -0.05) is 45.0 Å². The van der Waals surface area contributed by atoms with Crippen LogP contribution in [-0.2, 0) is 10.2 Å². The Kier molecular flexibility index (Phi) is 5.62. The number of carbonyl (C=O) groups excluding carboxylic acids is 1.